The molecular weight excluding hydrogens is 408 g/mol. The van der Waals surface area contributed by atoms with Gasteiger partial charge in [-0.15, -0.1) is 0 Å². The Morgan fingerprint density at radius 2 is 1.75 bits per heavy atom. The lowest BCUT2D eigenvalue weighted by molar-refractivity contribution is 0.0942. The number of aromatic nitrogens is 1. The second-order valence-electron chi connectivity index (χ2n) is 8.81. The van der Waals surface area contributed by atoms with Gasteiger partial charge < -0.3 is 25.4 Å². The van der Waals surface area contributed by atoms with Gasteiger partial charge in [0, 0.05) is 31.1 Å². The van der Waals surface area contributed by atoms with Gasteiger partial charge in [0.25, 0.3) is 5.91 Å². The number of amides is 2. The molecule has 3 N–H and O–H groups in total. The number of rotatable bonds is 10. The van der Waals surface area contributed by atoms with E-state index in [9.17, 15) is 9.59 Å². The molecule has 0 aliphatic heterocycles. The summed E-state index contributed by atoms with van der Waals surface area (Å²) in [5.41, 5.74) is 1.33. The Morgan fingerprint density at radius 3 is 2.41 bits per heavy atom. The Kier molecular flexibility index (Phi) is 8.67. The number of para-hydroxylation sites is 1. The molecule has 1 aliphatic carbocycles. The highest BCUT2D eigenvalue weighted by molar-refractivity contribution is 6.06. The van der Waals surface area contributed by atoms with Crippen molar-refractivity contribution in [2.24, 2.45) is 11.8 Å². The summed E-state index contributed by atoms with van der Waals surface area (Å²) in [6.45, 7) is 2.60. The van der Waals surface area contributed by atoms with Crippen molar-refractivity contribution in [3.8, 4) is 5.88 Å². The molecule has 2 aromatic rings. The first-order valence-electron chi connectivity index (χ1n) is 11.3. The molecule has 0 unspecified atom stereocenters. The van der Waals surface area contributed by atoms with E-state index in [1.165, 1.54) is 0 Å². The first-order chi connectivity index (χ1) is 15.4. The van der Waals surface area contributed by atoms with Crippen molar-refractivity contribution in [1.82, 2.24) is 20.5 Å². The number of carbonyl (C=O) groups is 2. The van der Waals surface area contributed by atoms with Crippen LogP contribution in [0.2, 0.25) is 0 Å². The van der Waals surface area contributed by atoms with Gasteiger partial charge in [-0.25, -0.2) is 9.78 Å². The molecule has 0 atom stereocenters. The summed E-state index contributed by atoms with van der Waals surface area (Å²) in [7, 11) is 4.05. The van der Waals surface area contributed by atoms with Crippen LogP contribution in [0.4, 0.5) is 4.79 Å². The summed E-state index contributed by atoms with van der Waals surface area (Å²) in [6.07, 6.45) is 3.85. The quantitative estimate of drug-likeness (QED) is 0.488. The van der Waals surface area contributed by atoms with Crippen LogP contribution in [0.3, 0.4) is 0 Å². The smallest absolute Gasteiger partial charge is 0.404 e. The zero-order valence-electron chi connectivity index (χ0n) is 19.0. The van der Waals surface area contributed by atoms with Gasteiger partial charge in [0.05, 0.1) is 17.7 Å². The molecule has 32 heavy (non-hydrogen) atoms. The van der Waals surface area contributed by atoms with E-state index < -0.39 is 6.09 Å². The molecule has 1 saturated carbocycles. The van der Waals surface area contributed by atoms with Gasteiger partial charge in [-0.1, -0.05) is 18.2 Å². The number of nitrogens with one attached hydrogen (secondary N) is 2. The highest BCUT2D eigenvalue weighted by Crippen LogP contribution is 2.28. The van der Waals surface area contributed by atoms with Crippen LogP contribution in [0.25, 0.3) is 10.9 Å². The molecule has 1 aromatic heterocycles. The van der Waals surface area contributed by atoms with Crippen LogP contribution in [0.5, 0.6) is 5.88 Å². The lowest BCUT2D eigenvalue weighted by Crippen LogP contribution is -2.34. The first-order valence-corrected chi connectivity index (χ1v) is 11.3. The van der Waals surface area contributed by atoms with Gasteiger partial charge >= 0.3 is 6.09 Å². The Morgan fingerprint density at radius 1 is 1.09 bits per heavy atom. The van der Waals surface area contributed by atoms with Gasteiger partial charge in [-0.05, 0) is 64.1 Å². The number of carbonyl (C=O) groups excluding carboxylic acids is 1. The normalized spacial score (nSPS) is 18.5. The van der Waals surface area contributed by atoms with Crippen LogP contribution in [0, 0.1) is 11.8 Å². The van der Waals surface area contributed by atoms with E-state index in [1.54, 1.807) is 6.07 Å². The van der Waals surface area contributed by atoms with Crippen molar-refractivity contribution in [1.29, 1.82) is 0 Å². The number of hydrogen-bond donors (Lipinski definition) is 3. The maximum Gasteiger partial charge on any atom is 0.404 e. The van der Waals surface area contributed by atoms with Crippen molar-refractivity contribution >= 4 is 22.9 Å². The Balaban J connectivity index is 1.57. The number of fused-ring (bicyclic) bond motifs is 1. The molecule has 0 saturated heterocycles. The van der Waals surface area contributed by atoms with Crippen LogP contribution in [-0.4, -0.2) is 67.3 Å². The number of ether oxygens (including phenoxy) is 1. The zero-order chi connectivity index (χ0) is 22.9. The fraction of sp³-hybridized carbons (Fsp3) is 0.542. The van der Waals surface area contributed by atoms with E-state index in [0.717, 1.165) is 49.6 Å². The summed E-state index contributed by atoms with van der Waals surface area (Å²) in [5, 5.41) is 15.1. The van der Waals surface area contributed by atoms with E-state index in [4.69, 9.17) is 9.84 Å². The predicted molar refractivity (Wildman–Crippen MR) is 124 cm³/mol. The van der Waals surface area contributed by atoms with Crippen molar-refractivity contribution < 1.29 is 19.4 Å². The molecule has 1 aromatic carbocycles. The van der Waals surface area contributed by atoms with Crippen LogP contribution >= 0.6 is 0 Å². The number of pyridine rings is 1. The lowest BCUT2D eigenvalue weighted by atomic mass is 9.82. The van der Waals surface area contributed by atoms with Crippen LogP contribution in [0.15, 0.2) is 30.3 Å². The molecule has 1 heterocycles. The third-order valence-electron chi connectivity index (χ3n) is 6.00. The van der Waals surface area contributed by atoms with Crippen molar-refractivity contribution in [3.05, 3.63) is 35.9 Å². The highest BCUT2D eigenvalue weighted by atomic mass is 16.5. The summed E-state index contributed by atoms with van der Waals surface area (Å²) in [6, 6.07) is 9.36. The summed E-state index contributed by atoms with van der Waals surface area (Å²) in [5.74, 6) is 1.15. The fourth-order valence-electron chi connectivity index (χ4n) is 4.17. The second kappa shape index (κ2) is 11.7. The van der Waals surface area contributed by atoms with E-state index in [1.807, 2.05) is 38.4 Å². The number of hydrogen-bond acceptors (Lipinski definition) is 5. The molecule has 8 nitrogen and oxygen atoms in total. The summed E-state index contributed by atoms with van der Waals surface area (Å²) >= 11 is 0. The Labute approximate surface area is 189 Å². The van der Waals surface area contributed by atoms with Gasteiger partial charge in [0.2, 0.25) is 5.88 Å². The lowest BCUT2D eigenvalue weighted by Gasteiger charge is -2.28. The third-order valence-corrected chi connectivity index (χ3v) is 6.00. The molecule has 0 radical (unpaired) electrons. The monoisotopic (exact) mass is 442 g/mol. The van der Waals surface area contributed by atoms with E-state index >= 15 is 0 Å². The minimum Gasteiger partial charge on any atom is -0.478 e. The van der Waals surface area contributed by atoms with Gasteiger partial charge in [0.15, 0.2) is 0 Å². The maximum atomic E-state index is 13.0. The van der Waals surface area contributed by atoms with E-state index in [0.29, 0.717) is 43.0 Å². The zero-order valence-corrected chi connectivity index (χ0v) is 19.0. The Bertz CT molecular complexity index is 910. The highest BCUT2D eigenvalue weighted by Gasteiger charge is 2.22. The van der Waals surface area contributed by atoms with Crippen LogP contribution in [0.1, 0.15) is 42.5 Å². The predicted octanol–water partition coefficient (Wildman–Crippen LogP) is 3.37. The Hall–Kier alpha value is -2.87. The third kappa shape index (κ3) is 7.09. The topological polar surface area (TPSA) is 104 Å². The largest absolute Gasteiger partial charge is 0.478 e. The van der Waals surface area contributed by atoms with Crippen molar-refractivity contribution in [3.63, 3.8) is 0 Å². The summed E-state index contributed by atoms with van der Waals surface area (Å²) < 4.78 is 5.84. The van der Waals surface area contributed by atoms with Gasteiger partial charge in [-0.2, -0.15) is 0 Å². The first kappa shape index (κ1) is 23.8. The molecule has 1 fully saturated rings. The molecule has 8 heteroatoms. The average molecular weight is 443 g/mol. The SMILES string of the molecule is CN(C)CCCOc1cc(C(=O)NCC2CCC(CNC(=O)O)CC2)c2ccccc2n1. The molecule has 2 amide bonds. The number of benzene rings is 1. The van der Waals surface area contributed by atoms with E-state index in [-0.39, 0.29) is 5.91 Å². The second-order valence-corrected chi connectivity index (χ2v) is 8.81. The van der Waals surface area contributed by atoms with Crippen LogP contribution in [-0.2, 0) is 0 Å². The molecular formula is C24H34N4O4. The summed E-state index contributed by atoms with van der Waals surface area (Å²) in [4.78, 5) is 30.4. The molecule has 1 aliphatic rings. The maximum absolute atomic E-state index is 13.0. The van der Waals surface area contributed by atoms with Crippen molar-refractivity contribution in [2.75, 3.05) is 40.3 Å². The average Bonchev–Trinajstić information content (AvgIpc) is 2.79. The van der Waals surface area contributed by atoms with Gasteiger partial charge in [-0.3, -0.25) is 4.79 Å². The van der Waals surface area contributed by atoms with Gasteiger partial charge in [0.1, 0.15) is 0 Å². The standard InChI is InChI=1S/C24H34N4O4/c1-28(2)12-5-13-32-22-14-20(19-6-3-4-7-21(19)27-22)23(29)25-15-17-8-10-18(11-9-17)16-26-24(30)31/h3-4,6-7,14,17-18,26H,5,8-13,15-16H2,1-2H3,(H,25,29)(H,30,31). The minimum absolute atomic E-state index is 0.114. The number of nitrogens with zero attached hydrogens (tertiary/aromatic N) is 2. The minimum atomic E-state index is -0.968. The molecule has 174 valence electrons. The molecule has 3 rings (SSSR count). The molecule has 0 bridgehead atoms. The molecule has 0 spiro atoms. The fourth-order valence-corrected chi connectivity index (χ4v) is 4.17. The van der Waals surface area contributed by atoms with E-state index in [2.05, 4.69) is 20.5 Å². The number of carboxylic acid groups (broad SMARTS) is 1. The van der Waals surface area contributed by atoms with Crippen LogP contribution < -0.4 is 15.4 Å². The van der Waals surface area contributed by atoms with Crippen molar-refractivity contribution in [2.45, 2.75) is 32.1 Å².